The second-order valence-electron chi connectivity index (χ2n) is 5.13. The molecule has 0 aliphatic heterocycles. The number of amides is 1. The summed E-state index contributed by atoms with van der Waals surface area (Å²) in [5.41, 5.74) is 11.9. The summed E-state index contributed by atoms with van der Waals surface area (Å²) in [5, 5.41) is 0. The van der Waals surface area contributed by atoms with Crippen molar-refractivity contribution in [1.82, 2.24) is 0 Å². The number of aryl methyl sites for hydroxylation is 1. The number of carbonyl (C=O) groups is 1. The Morgan fingerprint density at radius 1 is 1.33 bits per heavy atom. The van der Waals surface area contributed by atoms with E-state index in [4.69, 9.17) is 11.5 Å². The average Bonchev–Trinajstić information content (AvgIpc) is 2.34. The fourth-order valence-electron chi connectivity index (χ4n) is 2.04. The lowest BCUT2D eigenvalue weighted by molar-refractivity contribution is 0.100. The minimum atomic E-state index is -3.45. The first-order valence-corrected chi connectivity index (χ1v) is 8.45. The van der Waals surface area contributed by atoms with Crippen molar-refractivity contribution in [2.75, 3.05) is 6.26 Å². The second-order valence-corrected chi connectivity index (χ2v) is 7.11. The van der Waals surface area contributed by atoms with Crippen molar-refractivity contribution in [3.63, 3.8) is 0 Å². The Hall–Kier alpha value is -1.89. The molecule has 0 bridgehead atoms. The lowest BCUT2D eigenvalue weighted by Gasteiger charge is -2.16. The van der Waals surface area contributed by atoms with E-state index in [0.29, 0.717) is 11.1 Å². The number of nitrogens with zero attached hydrogens (tertiary/aromatic N) is 1. The molecule has 0 aliphatic carbocycles. The third-order valence-corrected chi connectivity index (χ3v) is 4.51. The largest absolute Gasteiger partial charge is 0.370 e. The third kappa shape index (κ3) is 4.04. The highest BCUT2D eigenvalue weighted by molar-refractivity contribution is 7.90. The molecule has 7 heteroatoms. The molecule has 1 aromatic rings. The van der Waals surface area contributed by atoms with Crippen LogP contribution < -0.4 is 11.5 Å². The van der Waals surface area contributed by atoms with Gasteiger partial charge in [-0.3, -0.25) is 4.79 Å². The fraction of sp³-hybridized carbons (Fsp3) is 0.429. The monoisotopic (exact) mass is 311 g/mol. The van der Waals surface area contributed by atoms with Crippen LogP contribution in [-0.2, 0) is 9.84 Å². The first-order valence-electron chi connectivity index (χ1n) is 6.56. The summed E-state index contributed by atoms with van der Waals surface area (Å²) >= 11 is 0. The zero-order chi connectivity index (χ0) is 16.4. The van der Waals surface area contributed by atoms with Crippen LogP contribution in [0.25, 0.3) is 0 Å². The van der Waals surface area contributed by atoms with Crippen LogP contribution in [0.2, 0.25) is 0 Å². The summed E-state index contributed by atoms with van der Waals surface area (Å²) in [6.45, 7) is 5.65. The Morgan fingerprint density at radius 3 is 2.33 bits per heavy atom. The van der Waals surface area contributed by atoms with Gasteiger partial charge in [-0.05, 0) is 36.5 Å². The summed E-state index contributed by atoms with van der Waals surface area (Å²) in [6, 6.07) is 3.08. The number of hydrogen-bond donors (Lipinski definition) is 2. The maximum atomic E-state index is 12.0. The molecule has 6 nitrogen and oxygen atoms in total. The van der Waals surface area contributed by atoms with Crippen LogP contribution >= 0.6 is 0 Å². The van der Waals surface area contributed by atoms with Crippen LogP contribution in [0.5, 0.6) is 0 Å². The van der Waals surface area contributed by atoms with Crippen molar-refractivity contribution in [3.05, 3.63) is 28.8 Å². The topological polar surface area (TPSA) is 116 Å². The standard InChI is InChI=1S/C14H21N3O3S/c1-5-8(2)10-6-9(3)11(13(18)17-14(15)16)7-12(10)21(4,19)20/h6-8H,5H2,1-4H3,(H4,15,16,17,18). The summed E-state index contributed by atoms with van der Waals surface area (Å²) in [7, 11) is -3.45. The highest BCUT2D eigenvalue weighted by atomic mass is 32.2. The van der Waals surface area contributed by atoms with Crippen molar-refractivity contribution in [2.24, 2.45) is 16.5 Å². The van der Waals surface area contributed by atoms with Crippen molar-refractivity contribution in [2.45, 2.75) is 38.0 Å². The van der Waals surface area contributed by atoms with Crippen LogP contribution in [-0.4, -0.2) is 26.5 Å². The van der Waals surface area contributed by atoms with E-state index in [9.17, 15) is 13.2 Å². The van der Waals surface area contributed by atoms with Gasteiger partial charge in [0, 0.05) is 11.8 Å². The molecule has 0 spiro atoms. The normalized spacial score (nSPS) is 12.8. The minimum absolute atomic E-state index is 0.0701. The SMILES string of the molecule is CCC(C)c1cc(C)c(C(=O)N=C(N)N)cc1S(C)(=O)=O. The number of carbonyl (C=O) groups excluding carboxylic acids is 1. The van der Waals surface area contributed by atoms with Gasteiger partial charge in [0.2, 0.25) is 0 Å². The summed E-state index contributed by atoms with van der Waals surface area (Å²) in [6.07, 6.45) is 1.92. The van der Waals surface area contributed by atoms with Gasteiger partial charge >= 0.3 is 0 Å². The molecular weight excluding hydrogens is 290 g/mol. The van der Waals surface area contributed by atoms with Crippen LogP contribution in [0, 0.1) is 6.92 Å². The molecule has 0 heterocycles. The number of nitrogens with two attached hydrogens (primary N) is 2. The van der Waals surface area contributed by atoms with Crippen LogP contribution in [0.3, 0.4) is 0 Å². The van der Waals surface area contributed by atoms with E-state index < -0.39 is 15.7 Å². The number of hydrogen-bond acceptors (Lipinski definition) is 3. The third-order valence-electron chi connectivity index (χ3n) is 3.36. The molecule has 0 aliphatic rings. The predicted molar refractivity (Wildman–Crippen MR) is 83.1 cm³/mol. The minimum Gasteiger partial charge on any atom is -0.370 e. The molecule has 0 saturated carbocycles. The number of aliphatic imine (C=N–C) groups is 1. The van der Waals surface area contributed by atoms with Crippen molar-refractivity contribution >= 4 is 21.7 Å². The molecule has 1 aromatic carbocycles. The van der Waals surface area contributed by atoms with Gasteiger partial charge in [-0.15, -0.1) is 0 Å². The first kappa shape index (κ1) is 17.2. The van der Waals surface area contributed by atoms with Crippen LogP contribution in [0.1, 0.15) is 47.7 Å². The van der Waals surface area contributed by atoms with Gasteiger partial charge in [-0.2, -0.15) is 4.99 Å². The molecule has 0 fully saturated rings. The van der Waals surface area contributed by atoms with Gasteiger partial charge in [0.1, 0.15) is 0 Å². The van der Waals surface area contributed by atoms with E-state index in [-0.39, 0.29) is 22.3 Å². The maximum Gasteiger partial charge on any atom is 0.280 e. The molecular formula is C14H21N3O3S. The molecule has 0 radical (unpaired) electrons. The number of guanidine groups is 1. The van der Waals surface area contributed by atoms with E-state index in [1.54, 1.807) is 13.0 Å². The molecule has 0 saturated heterocycles. The Balaban J connectivity index is 3.60. The van der Waals surface area contributed by atoms with E-state index >= 15 is 0 Å². The zero-order valence-electron chi connectivity index (χ0n) is 12.7. The first-order chi connectivity index (χ1) is 9.57. The fourth-order valence-corrected chi connectivity index (χ4v) is 3.06. The smallest absolute Gasteiger partial charge is 0.280 e. The molecule has 21 heavy (non-hydrogen) atoms. The lowest BCUT2D eigenvalue weighted by atomic mass is 9.94. The van der Waals surface area contributed by atoms with Crippen molar-refractivity contribution in [3.8, 4) is 0 Å². The Kier molecular flexibility index (Phi) is 5.11. The lowest BCUT2D eigenvalue weighted by Crippen LogP contribution is -2.24. The van der Waals surface area contributed by atoms with Gasteiger partial charge in [-0.1, -0.05) is 19.9 Å². The van der Waals surface area contributed by atoms with Crippen LogP contribution in [0.4, 0.5) is 0 Å². The molecule has 1 amide bonds. The van der Waals surface area contributed by atoms with E-state index in [2.05, 4.69) is 4.99 Å². The molecule has 0 aromatic heterocycles. The van der Waals surface area contributed by atoms with E-state index in [1.807, 2.05) is 13.8 Å². The van der Waals surface area contributed by atoms with Gasteiger partial charge in [-0.25, -0.2) is 8.42 Å². The van der Waals surface area contributed by atoms with Gasteiger partial charge in [0.15, 0.2) is 15.8 Å². The molecule has 4 N–H and O–H groups in total. The number of benzene rings is 1. The Bertz CT molecular complexity index is 690. The van der Waals surface area contributed by atoms with Crippen LogP contribution in [0.15, 0.2) is 22.0 Å². The Morgan fingerprint density at radius 2 is 1.90 bits per heavy atom. The molecule has 1 rings (SSSR count). The highest BCUT2D eigenvalue weighted by Crippen LogP contribution is 2.29. The summed E-state index contributed by atoms with van der Waals surface area (Å²) in [5.74, 6) is -0.930. The van der Waals surface area contributed by atoms with Crippen molar-refractivity contribution in [1.29, 1.82) is 0 Å². The predicted octanol–water partition coefficient (Wildman–Crippen LogP) is 1.33. The number of sulfone groups is 1. The van der Waals surface area contributed by atoms with Gasteiger partial charge in [0.05, 0.1) is 4.90 Å². The summed E-state index contributed by atoms with van der Waals surface area (Å²) in [4.78, 5) is 15.6. The van der Waals surface area contributed by atoms with E-state index in [1.165, 1.54) is 6.07 Å². The zero-order valence-corrected chi connectivity index (χ0v) is 13.5. The van der Waals surface area contributed by atoms with E-state index in [0.717, 1.165) is 12.7 Å². The van der Waals surface area contributed by atoms with Crippen molar-refractivity contribution < 1.29 is 13.2 Å². The quantitative estimate of drug-likeness (QED) is 0.642. The molecule has 116 valence electrons. The maximum absolute atomic E-state index is 12.0. The van der Waals surface area contributed by atoms with Gasteiger partial charge in [0.25, 0.3) is 5.91 Å². The molecule has 1 unspecified atom stereocenters. The molecule has 1 atom stereocenters. The van der Waals surface area contributed by atoms with Gasteiger partial charge < -0.3 is 11.5 Å². The highest BCUT2D eigenvalue weighted by Gasteiger charge is 2.21. The summed E-state index contributed by atoms with van der Waals surface area (Å²) < 4.78 is 24.0. The Labute approximate surface area is 125 Å². The number of rotatable bonds is 4. The average molecular weight is 311 g/mol. The second kappa shape index (κ2) is 6.26.